The molecule has 19 heavy (non-hydrogen) atoms. The number of benzene rings is 1. The van der Waals surface area contributed by atoms with E-state index in [1.54, 1.807) is 0 Å². The van der Waals surface area contributed by atoms with Gasteiger partial charge in [-0.3, -0.25) is 0 Å². The molecule has 2 N–H and O–H groups in total. The Labute approximate surface area is 116 Å². The largest absolute Gasteiger partial charge is 0.508 e. The fourth-order valence-electron chi connectivity index (χ4n) is 2.47. The molecule has 1 aliphatic heterocycles. The minimum Gasteiger partial charge on any atom is -0.508 e. The van der Waals surface area contributed by atoms with Gasteiger partial charge in [0.2, 0.25) is 0 Å². The van der Waals surface area contributed by atoms with Crippen molar-refractivity contribution < 1.29 is 5.11 Å². The molecule has 1 aromatic rings. The van der Waals surface area contributed by atoms with Crippen LogP contribution in [0.3, 0.4) is 0 Å². The molecular formula is C16H26N2O. The van der Waals surface area contributed by atoms with Gasteiger partial charge in [-0.1, -0.05) is 32.9 Å². The Kier molecular flexibility index (Phi) is 4.48. The molecule has 1 saturated heterocycles. The summed E-state index contributed by atoms with van der Waals surface area (Å²) >= 11 is 0. The molecule has 1 aromatic carbocycles. The van der Waals surface area contributed by atoms with E-state index in [-0.39, 0.29) is 5.41 Å². The van der Waals surface area contributed by atoms with Gasteiger partial charge in [0.1, 0.15) is 5.75 Å². The molecule has 2 rings (SSSR count). The third-order valence-electron chi connectivity index (χ3n) is 3.85. The number of hydrogen-bond donors (Lipinski definition) is 2. The van der Waals surface area contributed by atoms with Crippen molar-refractivity contribution >= 4 is 0 Å². The number of nitrogens with one attached hydrogen (secondary N) is 1. The van der Waals surface area contributed by atoms with Crippen LogP contribution in [-0.2, 0) is 11.8 Å². The molecule has 0 bridgehead atoms. The first-order valence-corrected chi connectivity index (χ1v) is 7.22. The lowest BCUT2D eigenvalue weighted by atomic mass is 9.85. The van der Waals surface area contributed by atoms with E-state index < -0.39 is 0 Å². The molecule has 1 aliphatic rings. The molecule has 106 valence electrons. The summed E-state index contributed by atoms with van der Waals surface area (Å²) < 4.78 is 0. The molecule has 3 nitrogen and oxygen atoms in total. The van der Waals surface area contributed by atoms with Gasteiger partial charge in [-0.25, -0.2) is 0 Å². The maximum Gasteiger partial charge on any atom is 0.118 e. The molecule has 1 heterocycles. The van der Waals surface area contributed by atoms with Crippen LogP contribution in [0.15, 0.2) is 18.2 Å². The summed E-state index contributed by atoms with van der Waals surface area (Å²) in [5.74, 6) is 0.433. The predicted molar refractivity (Wildman–Crippen MR) is 79.8 cm³/mol. The van der Waals surface area contributed by atoms with Crippen LogP contribution in [0.4, 0.5) is 0 Å². The lowest BCUT2D eigenvalue weighted by Crippen LogP contribution is -2.44. The van der Waals surface area contributed by atoms with Crippen molar-refractivity contribution in [3.05, 3.63) is 29.3 Å². The average molecular weight is 262 g/mol. The van der Waals surface area contributed by atoms with Crippen molar-refractivity contribution in [3.8, 4) is 5.75 Å². The average Bonchev–Trinajstić information content (AvgIpc) is 2.37. The Morgan fingerprint density at radius 2 is 1.89 bits per heavy atom. The number of phenols is 1. The van der Waals surface area contributed by atoms with Gasteiger partial charge in [-0.15, -0.1) is 0 Å². The van der Waals surface area contributed by atoms with Crippen LogP contribution in [0.2, 0.25) is 0 Å². The molecule has 0 aromatic heterocycles. The lowest BCUT2D eigenvalue weighted by molar-refractivity contribution is 0.243. The standard InChI is InChI=1S/C16H26N2O/c1-16(2,3)14-4-5-15(19)13(12-14)6-9-18-10-7-17-8-11-18/h4-5,12,17,19H,6-11H2,1-3H3. The van der Waals surface area contributed by atoms with Crippen LogP contribution < -0.4 is 5.32 Å². The van der Waals surface area contributed by atoms with E-state index >= 15 is 0 Å². The SMILES string of the molecule is CC(C)(C)c1ccc(O)c(CCN2CCNCC2)c1. The van der Waals surface area contributed by atoms with Crippen molar-refractivity contribution in [2.24, 2.45) is 0 Å². The molecule has 0 aliphatic carbocycles. The summed E-state index contributed by atoms with van der Waals surface area (Å²) in [6.07, 6.45) is 0.926. The second kappa shape index (κ2) is 5.93. The van der Waals surface area contributed by atoms with E-state index in [9.17, 15) is 5.11 Å². The first-order chi connectivity index (χ1) is 8.97. The van der Waals surface area contributed by atoms with Crippen LogP contribution in [-0.4, -0.2) is 42.7 Å². The predicted octanol–water partition coefficient (Wildman–Crippen LogP) is 2.14. The zero-order chi connectivity index (χ0) is 13.9. The van der Waals surface area contributed by atoms with E-state index in [4.69, 9.17) is 0 Å². The molecule has 1 fully saturated rings. The molecule has 0 unspecified atom stereocenters. The van der Waals surface area contributed by atoms with E-state index in [2.05, 4.69) is 37.1 Å². The summed E-state index contributed by atoms with van der Waals surface area (Å²) in [6, 6.07) is 6.04. The highest BCUT2D eigenvalue weighted by Crippen LogP contribution is 2.27. The molecule has 3 heteroatoms. The van der Waals surface area contributed by atoms with E-state index in [1.807, 2.05) is 12.1 Å². The summed E-state index contributed by atoms with van der Waals surface area (Å²) in [7, 11) is 0. The summed E-state index contributed by atoms with van der Waals surface area (Å²) in [5, 5.41) is 13.4. The second-order valence-electron chi connectivity index (χ2n) is 6.44. The fourth-order valence-corrected chi connectivity index (χ4v) is 2.47. The van der Waals surface area contributed by atoms with Gasteiger partial charge in [0, 0.05) is 32.7 Å². The number of hydrogen-bond acceptors (Lipinski definition) is 3. The minimum atomic E-state index is 0.136. The highest BCUT2D eigenvalue weighted by Gasteiger charge is 2.16. The van der Waals surface area contributed by atoms with Gasteiger partial charge in [0.25, 0.3) is 0 Å². The first-order valence-electron chi connectivity index (χ1n) is 7.22. The van der Waals surface area contributed by atoms with Crippen LogP contribution in [0.25, 0.3) is 0 Å². The molecule has 0 atom stereocenters. The topological polar surface area (TPSA) is 35.5 Å². The summed E-state index contributed by atoms with van der Waals surface area (Å²) in [5.41, 5.74) is 2.50. The second-order valence-corrected chi connectivity index (χ2v) is 6.44. The maximum atomic E-state index is 10.00. The van der Waals surface area contributed by atoms with Crippen molar-refractivity contribution in [2.45, 2.75) is 32.6 Å². The van der Waals surface area contributed by atoms with E-state index in [0.29, 0.717) is 5.75 Å². The Morgan fingerprint density at radius 1 is 1.21 bits per heavy atom. The van der Waals surface area contributed by atoms with Crippen molar-refractivity contribution in [1.29, 1.82) is 0 Å². The van der Waals surface area contributed by atoms with Gasteiger partial charge in [-0.05, 0) is 29.0 Å². The molecule has 0 spiro atoms. The Morgan fingerprint density at radius 3 is 2.53 bits per heavy atom. The Balaban J connectivity index is 2.02. The number of rotatable bonds is 3. The monoisotopic (exact) mass is 262 g/mol. The first kappa shape index (κ1) is 14.4. The number of aromatic hydroxyl groups is 1. The van der Waals surface area contributed by atoms with Gasteiger partial charge in [0.15, 0.2) is 0 Å². The molecule has 0 saturated carbocycles. The van der Waals surface area contributed by atoms with Gasteiger partial charge in [0.05, 0.1) is 0 Å². The molecule has 0 amide bonds. The highest BCUT2D eigenvalue weighted by atomic mass is 16.3. The smallest absolute Gasteiger partial charge is 0.118 e. The lowest BCUT2D eigenvalue weighted by Gasteiger charge is -2.27. The van der Waals surface area contributed by atoms with E-state index in [0.717, 1.165) is 44.7 Å². The zero-order valence-electron chi connectivity index (χ0n) is 12.4. The van der Waals surface area contributed by atoms with E-state index in [1.165, 1.54) is 5.56 Å². The van der Waals surface area contributed by atoms with Crippen LogP contribution >= 0.6 is 0 Å². The number of piperazine rings is 1. The Hall–Kier alpha value is -1.06. The van der Waals surface area contributed by atoms with Crippen molar-refractivity contribution in [1.82, 2.24) is 10.2 Å². The van der Waals surface area contributed by atoms with Crippen LogP contribution in [0.1, 0.15) is 31.9 Å². The molecule has 0 radical (unpaired) electrons. The van der Waals surface area contributed by atoms with Crippen LogP contribution in [0.5, 0.6) is 5.75 Å². The van der Waals surface area contributed by atoms with Crippen molar-refractivity contribution in [2.75, 3.05) is 32.7 Å². The maximum absolute atomic E-state index is 10.00. The minimum absolute atomic E-state index is 0.136. The molecular weight excluding hydrogens is 236 g/mol. The quantitative estimate of drug-likeness (QED) is 0.876. The van der Waals surface area contributed by atoms with Crippen molar-refractivity contribution in [3.63, 3.8) is 0 Å². The van der Waals surface area contributed by atoms with Gasteiger partial charge >= 0.3 is 0 Å². The van der Waals surface area contributed by atoms with Crippen LogP contribution in [0, 0.1) is 0 Å². The fraction of sp³-hybridized carbons (Fsp3) is 0.625. The summed E-state index contributed by atoms with van der Waals surface area (Å²) in [4.78, 5) is 2.46. The number of nitrogens with zero attached hydrogens (tertiary/aromatic N) is 1. The van der Waals surface area contributed by atoms with Gasteiger partial charge < -0.3 is 15.3 Å². The third-order valence-corrected chi connectivity index (χ3v) is 3.85. The third kappa shape index (κ3) is 3.95. The highest BCUT2D eigenvalue weighted by molar-refractivity contribution is 5.38. The zero-order valence-corrected chi connectivity index (χ0v) is 12.4. The summed E-state index contributed by atoms with van der Waals surface area (Å²) in [6.45, 7) is 12.0. The number of phenolic OH excluding ortho intramolecular Hbond substituents is 1. The van der Waals surface area contributed by atoms with Gasteiger partial charge in [-0.2, -0.15) is 0 Å². The Bertz CT molecular complexity index is 417. The normalized spacial score (nSPS) is 17.6.